The number of rotatable bonds is 3. The molecule has 0 aliphatic heterocycles. The molecule has 5 heteroatoms. The predicted molar refractivity (Wildman–Crippen MR) is 70.8 cm³/mol. The molecular weight excluding hydrogens is 228 g/mol. The average molecular weight is 244 g/mol. The lowest BCUT2D eigenvalue weighted by atomic mass is 10.0. The molecule has 2 aromatic rings. The van der Waals surface area contributed by atoms with Crippen molar-refractivity contribution in [1.29, 1.82) is 0 Å². The van der Waals surface area contributed by atoms with Crippen molar-refractivity contribution in [2.24, 2.45) is 0 Å². The number of nitrogens with one attached hydrogen (secondary N) is 1. The second kappa shape index (κ2) is 5.00. The van der Waals surface area contributed by atoms with Crippen molar-refractivity contribution in [2.45, 2.75) is 13.8 Å². The quantitative estimate of drug-likeness (QED) is 0.897. The van der Waals surface area contributed by atoms with Crippen LogP contribution in [0.1, 0.15) is 11.1 Å². The van der Waals surface area contributed by atoms with Gasteiger partial charge in [-0.3, -0.25) is 0 Å². The number of anilines is 1. The summed E-state index contributed by atoms with van der Waals surface area (Å²) in [4.78, 5) is 4.17. The molecule has 1 N–H and O–H groups in total. The summed E-state index contributed by atoms with van der Waals surface area (Å²) in [6.07, 6.45) is 1.42. The molecule has 0 aliphatic carbocycles. The van der Waals surface area contributed by atoms with E-state index in [0.717, 1.165) is 22.4 Å². The van der Waals surface area contributed by atoms with E-state index in [1.807, 2.05) is 27.0 Å². The monoisotopic (exact) mass is 244 g/mol. The first-order valence-corrected chi connectivity index (χ1v) is 5.68. The van der Waals surface area contributed by atoms with Crippen LogP contribution >= 0.6 is 0 Å². The third-order valence-corrected chi connectivity index (χ3v) is 2.74. The van der Waals surface area contributed by atoms with Crippen LogP contribution < -0.4 is 10.1 Å². The van der Waals surface area contributed by atoms with Gasteiger partial charge in [0.15, 0.2) is 5.82 Å². The van der Waals surface area contributed by atoms with E-state index in [0.29, 0.717) is 11.5 Å². The van der Waals surface area contributed by atoms with Gasteiger partial charge in [0.1, 0.15) is 17.8 Å². The maximum atomic E-state index is 5.46. The van der Waals surface area contributed by atoms with Gasteiger partial charge in [0.2, 0.25) is 0 Å². The lowest BCUT2D eigenvalue weighted by Gasteiger charge is -2.13. The van der Waals surface area contributed by atoms with Crippen LogP contribution in [0.15, 0.2) is 18.5 Å². The van der Waals surface area contributed by atoms with Gasteiger partial charge in [0, 0.05) is 12.6 Å². The fourth-order valence-electron chi connectivity index (χ4n) is 2.04. The van der Waals surface area contributed by atoms with Gasteiger partial charge >= 0.3 is 0 Å². The summed E-state index contributed by atoms with van der Waals surface area (Å²) in [5, 5.41) is 11.0. The van der Waals surface area contributed by atoms with E-state index in [1.54, 1.807) is 7.11 Å². The molecule has 0 unspecified atom stereocenters. The highest BCUT2D eigenvalue weighted by molar-refractivity contribution is 5.77. The van der Waals surface area contributed by atoms with Crippen molar-refractivity contribution in [3.05, 3.63) is 29.6 Å². The summed E-state index contributed by atoms with van der Waals surface area (Å²) >= 11 is 0. The van der Waals surface area contributed by atoms with E-state index in [2.05, 4.69) is 26.6 Å². The normalized spacial score (nSPS) is 10.2. The van der Waals surface area contributed by atoms with Crippen LogP contribution in [-0.4, -0.2) is 29.3 Å². The molecule has 0 amide bonds. The minimum atomic E-state index is 0.688. The second-order valence-electron chi connectivity index (χ2n) is 4.07. The molecule has 18 heavy (non-hydrogen) atoms. The maximum absolute atomic E-state index is 5.46. The molecule has 5 nitrogen and oxygen atoms in total. The van der Waals surface area contributed by atoms with Gasteiger partial charge in [-0.15, -0.1) is 10.2 Å². The Labute approximate surface area is 106 Å². The molecule has 1 aromatic carbocycles. The van der Waals surface area contributed by atoms with E-state index in [9.17, 15) is 0 Å². The Morgan fingerprint density at radius 3 is 2.67 bits per heavy atom. The summed E-state index contributed by atoms with van der Waals surface area (Å²) in [5.74, 6) is 1.49. The Balaban J connectivity index is 2.70. The minimum absolute atomic E-state index is 0.688. The number of methoxy groups -OCH3 is 1. The first-order chi connectivity index (χ1) is 8.67. The van der Waals surface area contributed by atoms with Crippen LogP contribution in [0.2, 0.25) is 0 Å². The minimum Gasteiger partial charge on any atom is -0.496 e. The van der Waals surface area contributed by atoms with Crippen LogP contribution in [0, 0.1) is 13.8 Å². The van der Waals surface area contributed by atoms with E-state index < -0.39 is 0 Å². The fraction of sp³-hybridized carbons (Fsp3) is 0.308. The van der Waals surface area contributed by atoms with Crippen LogP contribution in [0.5, 0.6) is 5.75 Å². The van der Waals surface area contributed by atoms with E-state index in [-0.39, 0.29) is 0 Å². The SMILES string of the molecule is CNc1ncnnc1-c1cc(C)cc(C)c1OC. The van der Waals surface area contributed by atoms with Gasteiger partial charge in [0.25, 0.3) is 0 Å². The molecule has 0 bridgehead atoms. The third kappa shape index (κ3) is 2.11. The number of hydrogen-bond donors (Lipinski definition) is 1. The maximum Gasteiger partial charge on any atom is 0.156 e. The standard InChI is InChI=1S/C13H16N4O/c1-8-5-9(2)12(18-4)10(6-8)11-13(14-3)15-7-16-17-11/h5-7H,1-4H3,(H,14,15,16). The highest BCUT2D eigenvalue weighted by Crippen LogP contribution is 2.35. The largest absolute Gasteiger partial charge is 0.496 e. The molecule has 1 heterocycles. The first kappa shape index (κ1) is 12.3. The van der Waals surface area contributed by atoms with Crippen LogP contribution in [-0.2, 0) is 0 Å². The van der Waals surface area contributed by atoms with Gasteiger partial charge in [-0.2, -0.15) is 0 Å². The number of benzene rings is 1. The number of aryl methyl sites for hydroxylation is 2. The van der Waals surface area contributed by atoms with Gasteiger partial charge in [0.05, 0.1) is 7.11 Å². The zero-order chi connectivity index (χ0) is 13.1. The van der Waals surface area contributed by atoms with E-state index in [4.69, 9.17) is 4.74 Å². The number of ether oxygens (including phenoxy) is 1. The molecule has 2 rings (SSSR count). The molecule has 0 saturated heterocycles. The molecule has 0 atom stereocenters. The van der Waals surface area contributed by atoms with Crippen molar-refractivity contribution in [3.8, 4) is 17.0 Å². The van der Waals surface area contributed by atoms with Crippen LogP contribution in [0.3, 0.4) is 0 Å². The molecule has 0 spiro atoms. The zero-order valence-corrected chi connectivity index (χ0v) is 11.0. The van der Waals surface area contributed by atoms with E-state index >= 15 is 0 Å². The number of nitrogens with zero attached hydrogens (tertiary/aromatic N) is 3. The summed E-state index contributed by atoms with van der Waals surface area (Å²) in [6.45, 7) is 4.05. The third-order valence-electron chi connectivity index (χ3n) is 2.74. The summed E-state index contributed by atoms with van der Waals surface area (Å²) in [7, 11) is 3.46. The Kier molecular flexibility index (Phi) is 3.41. The Hall–Kier alpha value is -2.17. The Bertz CT molecular complexity index is 569. The molecule has 0 saturated carbocycles. The van der Waals surface area contributed by atoms with Crippen molar-refractivity contribution >= 4 is 5.82 Å². The van der Waals surface area contributed by atoms with E-state index in [1.165, 1.54) is 6.33 Å². The van der Waals surface area contributed by atoms with Crippen molar-refractivity contribution in [3.63, 3.8) is 0 Å². The van der Waals surface area contributed by atoms with Gasteiger partial charge in [-0.25, -0.2) is 4.98 Å². The lowest BCUT2D eigenvalue weighted by molar-refractivity contribution is 0.413. The molecule has 0 radical (unpaired) electrons. The number of hydrogen-bond acceptors (Lipinski definition) is 5. The number of aromatic nitrogens is 3. The van der Waals surface area contributed by atoms with Crippen molar-refractivity contribution < 1.29 is 4.74 Å². The topological polar surface area (TPSA) is 59.9 Å². The first-order valence-electron chi connectivity index (χ1n) is 5.68. The Morgan fingerprint density at radius 2 is 2.00 bits per heavy atom. The Morgan fingerprint density at radius 1 is 1.22 bits per heavy atom. The van der Waals surface area contributed by atoms with Gasteiger partial charge in [-0.05, 0) is 31.0 Å². The smallest absolute Gasteiger partial charge is 0.156 e. The highest BCUT2D eigenvalue weighted by Gasteiger charge is 2.15. The van der Waals surface area contributed by atoms with Gasteiger partial charge < -0.3 is 10.1 Å². The van der Waals surface area contributed by atoms with Crippen molar-refractivity contribution in [1.82, 2.24) is 15.2 Å². The molecule has 94 valence electrons. The molecular formula is C13H16N4O. The highest BCUT2D eigenvalue weighted by atomic mass is 16.5. The fourth-order valence-corrected chi connectivity index (χ4v) is 2.04. The second-order valence-corrected chi connectivity index (χ2v) is 4.07. The summed E-state index contributed by atoms with van der Waals surface area (Å²) in [5.41, 5.74) is 3.82. The van der Waals surface area contributed by atoms with Crippen molar-refractivity contribution in [2.75, 3.05) is 19.5 Å². The lowest BCUT2D eigenvalue weighted by Crippen LogP contribution is -2.02. The molecule has 0 aliphatic rings. The average Bonchev–Trinajstić information content (AvgIpc) is 2.38. The molecule has 0 fully saturated rings. The van der Waals surface area contributed by atoms with Crippen LogP contribution in [0.4, 0.5) is 5.82 Å². The predicted octanol–water partition coefficient (Wildman–Crippen LogP) is 2.21. The summed E-state index contributed by atoms with van der Waals surface area (Å²) in [6, 6.07) is 4.10. The summed E-state index contributed by atoms with van der Waals surface area (Å²) < 4.78 is 5.46. The van der Waals surface area contributed by atoms with Crippen LogP contribution in [0.25, 0.3) is 11.3 Å². The van der Waals surface area contributed by atoms with Gasteiger partial charge in [-0.1, -0.05) is 6.07 Å². The molecule has 1 aromatic heterocycles. The zero-order valence-electron chi connectivity index (χ0n) is 11.0.